The predicted molar refractivity (Wildman–Crippen MR) is 111 cm³/mol. The Morgan fingerprint density at radius 2 is 2.03 bits per heavy atom. The van der Waals surface area contributed by atoms with Gasteiger partial charge in [0.05, 0.1) is 16.8 Å². The van der Waals surface area contributed by atoms with Crippen LogP contribution in [0.15, 0.2) is 30.2 Å². The minimum absolute atomic E-state index is 0.0894. The van der Waals surface area contributed by atoms with Crippen molar-refractivity contribution in [2.45, 2.75) is 57.7 Å². The summed E-state index contributed by atoms with van der Waals surface area (Å²) in [5.74, 6) is 0.365. The minimum Gasteiger partial charge on any atom is -0.456 e. The van der Waals surface area contributed by atoms with Gasteiger partial charge in [-0.15, -0.1) is 10.2 Å². The maximum atomic E-state index is 13.4. The SMILES string of the molecule is C[C@H]1CC2(CCC(N(C)Cc3ccc(-n4cnnn4)nn3)CC2)C(=O)N1C1=CC(=O)OC1. The number of carbonyl (C=O) groups is 2. The first-order valence-electron chi connectivity index (χ1n) is 10.9. The highest BCUT2D eigenvalue weighted by Crippen LogP contribution is 2.49. The molecule has 1 amide bonds. The summed E-state index contributed by atoms with van der Waals surface area (Å²) >= 11 is 0. The van der Waals surface area contributed by atoms with Gasteiger partial charge in [-0.1, -0.05) is 0 Å². The molecule has 2 aromatic heterocycles. The molecular formula is C21H26N8O3. The number of tetrazole rings is 1. The van der Waals surface area contributed by atoms with Crippen LogP contribution < -0.4 is 0 Å². The molecule has 1 aliphatic carbocycles. The molecule has 0 N–H and O–H groups in total. The zero-order valence-corrected chi connectivity index (χ0v) is 18.2. The van der Waals surface area contributed by atoms with Gasteiger partial charge in [-0.2, -0.15) is 9.78 Å². The quantitative estimate of drug-likeness (QED) is 0.626. The van der Waals surface area contributed by atoms with E-state index in [9.17, 15) is 9.59 Å². The zero-order valence-electron chi connectivity index (χ0n) is 18.2. The molecule has 4 heterocycles. The molecule has 11 nitrogen and oxygen atoms in total. The zero-order chi connectivity index (χ0) is 22.3. The molecule has 2 aromatic rings. The van der Waals surface area contributed by atoms with E-state index < -0.39 is 0 Å². The Bertz CT molecular complexity index is 1030. The number of amides is 1. The Kier molecular flexibility index (Phi) is 5.20. The second kappa shape index (κ2) is 8.05. The Hall–Kier alpha value is -3.21. The van der Waals surface area contributed by atoms with Crippen molar-refractivity contribution in [3.05, 3.63) is 35.9 Å². The first-order chi connectivity index (χ1) is 15.4. The number of hydrogen-bond donors (Lipinski definition) is 0. The van der Waals surface area contributed by atoms with Gasteiger partial charge in [0.25, 0.3) is 0 Å². The predicted octanol–water partition coefficient (Wildman–Crippen LogP) is 0.875. The van der Waals surface area contributed by atoms with Gasteiger partial charge in [0, 0.05) is 24.7 Å². The largest absolute Gasteiger partial charge is 0.456 e. The first-order valence-corrected chi connectivity index (χ1v) is 10.9. The lowest BCUT2D eigenvalue weighted by atomic mass is 9.70. The first kappa shape index (κ1) is 20.7. The maximum Gasteiger partial charge on any atom is 0.333 e. The van der Waals surface area contributed by atoms with E-state index in [1.54, 1.807) is 4.90 Å². The number of aromatic nitrogens is 6. The van der Waals surface area contributed by atoms with E-state index in [0.717, 1.165) is 37.8 Å². The third kappa shape index (κ3) is 3.66. The van der Waals surface area contributed by atoms with Crippen LogP contribution in [0.1, 0.15) is 44.7 Å². The molecule has 3 aliphatic rings. The summed E-state index contributed by atoms with van der Waals surface area (Å²) < 4.78 is 6.50. The van der Waals surface area contributed by atoms with E-state index in [-0.39, 0.29) is 29.9 Å². The maximum absolute atomic E-state index is 13.4. The number of hydrogen-bond acceptors (Lipinski definition) is 9. The average Bonchev–Trinajstić information content (AvgIpc) is 3.51. The summed E-state index contributed by atoms with van der Waals surface area (Å²) in [5.41, 5.74) is 1.25. The number of esters is 1. The molecule has 0 unspecified atom stereocenters. The molecule has 11 heteroatoms. The van der Waals surface area contributed by atoms with Gasteiger partial charge < -0.3 is 9.64 Å². The van der Waals surface area contributed by atoms with Gasteiger partial charge in [-0.05, 0) is 68.6 Å². The molecular weight excluding hydrogens is 412 g/mol. The molecule has 5 rings (SSSR count). The Labute approximate surface area is 185 Å². The van der Waals surface area contributed by atoms with Gasteiger partial charge in [0.1, 0.15) is 12.9 Å². The van der Waals surface area contributed by atoms with Crippen molar-refractivity contribution in [1.82, 2.24) is 40.2 Å². The van der Waals surface area contributed by atoms with E-state index in [1.807, 2.05) is 12.1 Å². The summed E-state index contributed by atoms with van der Waals surface area (Å²) in [4.78, 5) is 28.9. The van der Waals surface area contributed by atoms with Crippen LogP contribution in [0.3, 0.4) is 0 Å². The highest BCUT2D eigenvalue weighted by molar-refractivity contribution is 5.91. The van der Waals surface area contributed by atoms with Crippen molar-refractivity contribution < 1.29 is 14.3 Å². The van der Waals surface area contributed by atoms with Crippen molar-refractivity contribution >= 4 is 11.9 Å². The Balaban J connectivity index is 1.19. The fraction of sp³-hybridized carbons (Fsp3) is 0.571. The highest BCUT2D eigenvalue weighted by atomic mass is 16.5. The third-order valence-corrected chi connectivity index (χ3v) is 6.99. The van der Waals surface area contributed by atoms with E-state index in [2.05, 4.69) is 44.6 Å². The second-order valence-corrected chi connectivity index (χ2v) is 9.04. The van der Waals surface area contributed by atoms with Crippen molar-refractivity contribution in [1.29, 1.82) is 0 Å². The number of cyclic esters (lactones) is 1. The van der Waals surface area contributed by atoms with Gasteiger partial charge in [0.2, 0.25) is 5.91 Å². The molecule has 1 spiro atoms. The molecule has 2 aliphatic heterocycles. The van der Waals surface area contributed by atoms with E-state index in [4.69, 9.17) is 4.74 Å². The summed E-state index contributed by atoms with van der Waals surface area (Å²) in [6, 6.07) is 4.26. The van der Waals surface area contributed by atoms with Crippen LogP contribution in [-0.2, 0) is 20.9 Å². The molecule has 32 heavy (non-hydrogen) atoms. The van der Waals surface area contributed by atoms with Gasteiger partial charge in [-0.25, -0.2) is 4.79 Å². The minimum atomic E-state index is -0.361. The van der Waals surface area contributed by atoms with Crippen LogP contribution in [0, 0.1) is 5.41 Å². The summed E-state index contributed by atoms with van der Waals surface area (Å²) in [7, 11) is 2.09. The van der Waals surface area contributed by atoms with Crippen LogP contribution in [-0.4, -0.2) is 77.8 Å². The monoisotopic (exact) mass is 438 g/mol. The van der Waals surface area contributed by atoms with Crippen molar-refractivity contribution in [2.75, 3.05) is 13.7 Å². The summed E-state index contributed by atoms with van der Waals surface area (Å²) in [6.45, 7) is 2.94. The van der Waals surface area contributed by atoms with Crippen molar-refractivity contribution in [3.63, 3.8) is 0 Å². The second-order valence-electron chi connectivity index (χ2n) is 9.04. The van der Waals surface area contributed by atoms with Crippen LogP contribution in [0.5, 0.6) is 0 Å². The smallest absolute Gasteiger partial charge is 0.333 e. The van der Waals surface area contributed by atoms with E-state index in [1.165, 1.54) is 17.1 Å². The lowest BCUT2D eigenvalue weighted by molar-refractivity contribution is -0.138. The number of ether oxygens (including phenoxy) is 1. The number of carbonyl (C=O) groups excluding carboxylic acids is 2. The average molecular weight is 438 g/mol. The molecule has 0 bridgehead atoms. The summed E-state index contributed by atoms with van der Waals surface area (Å²) in [5, 5.41) is 19.5. The fourth-order valence-electron chi connectivity index (χ4n) is 5.34. The highest BCUT2D eigenvalue weighted by Gasteiger charge is 2.53. The molecule has 1 saturated carbocycles. The van der Waals surface area contributed by atoms with Crippen LogP contribution in [0.2, 0.25) is 0 Å². The van der Waals surface area contributed by atoms with Gasteiger partial charge >= 0.3 is 5.97 Å². The van der Waals surface area contributed by atoms with E-state index >= 15 is 0 Å². The molecule has 2 fully saturated rings. The van der Waals surface area contributed by atoms with Gasteiger partial charge in [0.15, 0.2) is 5.82 Å². The Morgan fingerprint density at radius 1 is 1.22 bits per heavy atom. The van der Waals surface area contributed by atoms with Crippen molar-refractivity contribution in [2.24, 2.45) is 5.41 Å². The standard InChI is InChI=1S/C21H26N8O3/c1-14-10-21(20(31)29(14)17-9-19(30)32-12-17)7-5-16(6-8-21)27(2)11-15-3-4-18(24-23-15)28-13-22-25-26-28/h3-4,9,13-14,16H,5-8,10-12H2,1-2H3/t14-,16?,21?/m0/s1. The van der Waals surface area contributed by atoms with Gasteiger partial charge in [-0.3, -0.25) is 9.69 Å². The van der Waals surface area contributed by atoms with Crippen LogP contribution in [0.4, 0.5) is 0 Å². The topological polar surface area (TPSA) is 119 Å². The molecule has 1 saturated heterocycles. The van der Waals surface area contributed by atoms with Crippen molar-refractivity contribution in [3.8, 4) is 5.82 Å². The molecule has 0 aromatic carbocycles. The van der Waals surface area contributed by atoms with Crippen LogP contribution >= 0.6 is 0 Å². The van der Waals surface area contributed by atoms with E-state index in [0.29, 0.717) is 24.1 Å². The fourth-order valence-corrected chi connectivity index (χ4v) is 5.34. The number of likely N-dealkylation sites (tertiary alicyclic amines) is 1. The lowest BCUT2D eigenvalue weighted by Crippen LogP contribution is -2.42. The third-order valence-electron chi connectivity index (χ3n) is 6.99. The molecule has 1 atom stereocenters. The molecule has 0 radical (unpaired) electrons. The van der Waals surface area contributed by atoms with Crippen LogP contribution in [0.25, 0.3) is 5.82 Å². The summed E-state index contributed by atoms with van der Waals surface area (Å²) in [6.07, 6.45) is 7.38. The lowest BCUT2D eigenvalue weighted by Gasteiger charge is -2.39. The number of rotatable bonds is 5. The number of nitrogens with zero attached hydrogens (tertiary/aromatic N) is 8. The molecule has 168 valence electrons. The normalized spacial score (nSPS) is 28.0. The Morgan fingerprint density at radius 3 is 2.66 bits per heavy atom.